The lowest BCUT2D eigenvalue weighted by Crippen LogP contribution is -2.26. The van der Waals surface area contributed by atoms with Crippen molar-refractivity contribution in [1.29, 1.82) is 5.41 Å². The second kappa shape index (κ2) is 7.76. The summed E-state index contributed by atoms with van der Waals surface area (Å²) in [5.74, 6) is 0.275. The minimum absolute atomic E-state index is 0.275. The molecule has 0 saturated heterocycles. The van der Waals surface area contributed by atoms with Gasteiger partial charge in [-0.05, 0) is 33.9 Å². The van der Waals surface area contributed by atoms with E-state index >= 15 is 0 Å². The van der Waals surface area contributed by atoms with Gasteiger partial charge in [0.1, 0.15) is 0 Å². The maximum absolute atomic E-state index is 7.07. The highest BCUT2D eigenvalue weighted by Gasteiger charge is 1.99. The van der Waals surface area contributed by atoms with Crippen LogP contribution >= 0.6 is 0 Å². The molecule has 0 amide bonds. The van der Waals surface area contributed by atoms with Crippen LogP contribution in [-0.2, 0) is 4.74 Å². The maximum atomic E-state index is 7.07. The first kappa shape index (κ1) is 13.4. The van der Waals surface area contributed by atoms with E-state index in [4.69, 9.17) is 15.9 Å². The monoisotopic (exact) mass is 201 g/mol. The highest BCUT2D eigenvalue weighted by atomic mass is 16.5. The van der Waals surface area contributed by atoms with Crippen molar-refractivity contribution in [2.24, 2.45) is 5.73 Å². The highest BCUT2D eigenvalue weighted by Crippen LogP contribution is 1.93. The van der Waals surface area contributed by atoms with Gasteiger partial charge >= 0.3 is 0 Å². The van der Waals surface area contributed by atoms with E-state index in [1.54, 1.807) is 0 Å². The molecule has 0 bridgehead atoms. The van der Waals surface area contributed by atoms with Crippen molar-refractivity contribution < 1.29 is 4.74 Å². The number of hydrogen-bond acceptors (Lipinski definition) is 3. The van der Waals surface area contributed by atoms with Crippen LogP contribution in [0.4, 0.5) is 0 Å². The molecule has 0 atom stereocenters. The Morgan fingerprint density at radius 1 is 1.43 bits per heavy atom. The van der Waals surface area contributed by atoms with Crippen LogP contribution in [0.2, 0.25) is 0 Å². The molecule has 84 valence electrons. The number of amidine groups is 1. The quantitative estimate of drug-likeness (QED) is 0.456. The molecule has 0 heterocycles. The van der Waals surface area contributed by atoms with Gasteiger partial charge in [0.15, 0.2) is 0 Å². The van der Waals surface area contributed by atoms with Gasteiger partial charge < -0.3 is 15.4 Å². The largest absolute Gasteiger partial charge is 0.388 e. The lowest BCUT2D eigenvalue weighted by atomic mass is 10.3. The van der Waals surface area contributed by atoms with E-state index in [-0.39, 0.29) is 5.84 Å². The van der Waals surface area contributed by atoms with Crippen LogP contribution in [0, 0.1) is 5.41 Å². The number of ether oxygens (including phenoxy) is 1. The molecule has 0 radical (unpaired) electrons. The number of likely N-dealkylation sites (N-methyl/N-ethyl adjacent to an activating group) is 1. The van der Waals surface area contributed by atoms with Gasteiger partial charge in [0.05, 0.1) is 18.5 Å². The standard InChI is InChI=1S/C10H23N3O/c1-9(2)14-8-7-13(3)6-4-5-10(11)12/h9H,4-8H2,1-3H3,(H3,11,12). The number of nitrogens with one attached hydrogen (secondary N) is 1. The summed E-state index contributed by atoms with van der Waals surface area (Å²) in [4.78, 5) is 2.20. The Bertz CT molecular complexity index is 159. The Morgan fingerprint density at radius 3 is 2.57 bits per heavy atom. The highest BCUT2D eigenvalue weighted by molar-refractivity contribution is 5.76. The van der Waals surface area contributed by atoms with E-state index in [0.717, 1.165) is 26.1 Å². The van der Waals surface area contributed by atoms with E-state index in [2.05, 4.69) is 11.9 Å². The Kier molecular flexibility index (Phi) is 7.42. The Morgan fingerprint density at radius 2 is 2.07 bits per heavy atom. The zero-order chi connectivity index (χ0) is 11.0. The van der Waals surface area contributed by atoms with E-state index in [1.165, 1.54) is 0 Å². The third kappa shape index (κ3) is 9.48. The average molecular weight is 201 g/mol. The third-order valence-corrected chi connectivity index (χ3v) is 1.91. The fourth-order valence-electron chi connectivity index (χ4n) is 1.10. The van der Waals surface area contributed by atoms with Crippen LogP contribution in [0.3, 0.4) is 0 Å². The smallest absolute Gasteiger partial charge is 0.0905 e. The van der Waals surface area contributed by atoms with Gasteiger partial charge in [-0.3, -0.25) is 5.41 Å². The van der Waals surface area contributed by atoms with Crippen LogP contribution in [-0.4, -0.2) is 43.6 Å². The number of nitrogens with zero attached hydrogens (tertiary/aromatic N) is 1. The fourth-order valence-corrected chi connectivity index (χ4v) is 1.10. The van der Waals surface area contributed by atoms with Crippen LogP contribution < -0.4 is 5.73 Å². The molecule has 0 aliphatic carbocycles. The fraction of sp³-hybridized carbons (Fsp3) is 0.900. The van der Waals surface area contributed by atoms with E-state index in [0.29, 0.717) is 12.5 Å². The average Bonchev–Trinajstić information content (AvgIpc) is 2.02. The molecule has 0 fully saturated rings. The first-order valence-corrected chi connectivity index (χ1v) is 5.15. The summed E-state index contributed by atoms with van der Waals surface area (Å²) in [6.07, 6.45) is 1.95. The van der Waals surface area contributed by atoms with Crippen molar-refractivity contribution in [3.05, 3.63) is 0 Å². The molecular weight excluding hydrogens is 178 g/mol. The van der Waals surface area contributed by atoms with Crippen molar-refractivity contribution in [1.82, 2.24) is 4.90 Å². The van der Waals surface area contributed by atoms with Crippen LogP contribution in [0.1, 0.15) is 26.7 Å². The van der Waals surface area contributed by atoms with Gasteiger partial charge in [-0.15, -0.1) is 0 Å². The second-order valence-electron chi connectivity index (χ2n) is 3.85. The maximum Gasteiger partial charge on any atom is 0.0905 e. The lowest BCUT2D eigenvalue weighted by Gasteiger charge is -2.17. The van der Waals surface area contributed by atoms with Gasteiger partial charge in [-0.1, -0.05) is 0 Å². The summed E-state index contributed by atoms with van der Waals surface area (Å²) < 4.78 is 5.43. The predicted molar refractivity (Wildman–Crippen MR) is 59.7 cm³/mol. The topological polar surface area (TPSA) is 62.3 Å². The Labute approximate surface area is 86.9 Å². The number of nitrogens with two attached hydrogens (primary N) is 1. The lowest BCUT2D eigenvalue weighted by molar-refractivity contribution is 0.0638. The van der Waals surface area contributed by atoms with Gasteiger partial charge in [0.25, 0.3) is 0 Å². The Hall–Kier alpha value is -0.610. The molecule has 0 saturated carbocycles. The third-order valence-electron chi connectivity index (χ3n) is 1.91. The van der Waals surface area contributed by atoms with Crippen molar-refractivity contribution in [3.63, 3.8) is 0 Å². The van der Waals surface area contributed by atoms with Crippen LogP contribution in [0.15, 0.2) is 0 Å². The van der Waals surface area contributed by atoms with Crippen molar-refractivity contribution in [2.75, 3.05) is 26.7 Å². The minimum Gasteiger partial charge on any atom is -0.388 e. The summed E-state index contributed by atoms with van der Waals surface area (Å²) in [7, 11) is 2.06. The second-order valence-corrected chi connectivity index (χ2v) is 3.85. The van der Waals surface area contributed by atoms with E-state index in [1.807, 2.05) is 13.8 Å². The normalized spacial score (nSPS) is 11.2. The molecule has 14 heavy (non-hydrogen) atoms. The molecule has 0 aliphatic rings. The van der Waals surface area contributed by atoms with Gasteiger partial charge in [0, 0.05) is 13.0 Å². The molecule has 0 aromatic rings. The Balaban J connectivity index is 3.27. The summed E-state index contributed by atoms with van der Waals surface area (Å²) in [5.41, 5.74) is 5.26. The van der Waals surface area contributed by atoms with Gasteiger partial charge in [0.2, 0.25) is 0 Å². The van der Waals surface area contributed by atoms with Crippen LogP contribution in [0.5, 0.6) is 0 Å². The SMILES string of the molecule is CC(C)OCCN(C)CCCC(=N)N. The minimum atomic E-state index is 0.275. The number of hydrogen-bond donors (Lipinski definition) is 2. The molecule has 0 spiro atoms. The molecule has 0 aromatic heterocycles. The first-order valence-electron chi connectivity index (χ1n) is 5.15. The van der Waals surface area contributed by atoms with Gasteiger partial charge in [-0.25, -0.2) is 0 Å². The van der Waals surface area contributed by atoms with Crippen LogP contribution in [0.25, 0.3) is 0 Å². The molecule has 0 aromatic carbocycles. The summed E-state index contributed by atoms with van der Waals surface area (Å²) in [6.45, 7) is 6.76. The summed E-state index contributed by atoms with van der Waals surface area (Å²) in [5, 5.41) is 7.07. The van der Waals surface area contributed by atoms with E-state index in [9.17, 15) is 0 Å². The zero-order valence-electron chi connectivity index (χ0n) is 9.55. The van der Waals surface area contributed by atoms with Gasteiger partial charge in [-0.2, -0.15) is 0 Å². The number of rotatable bonds is 8. The van der Waals surface area contributed by atoms with Crippen molar-refractivity contribution in [3.8, 4) is 0 Å². The van der Waals surface area contributed by atoms with Crippen molar-refractivity contribution in [2.45, 2.75) is 32.8 Å². The van der Waals surface area contributed by atoms with E-state index < -0.39 is 0 Å². The molecule has 0 aliphatic heterocycles. The summed E-state index contributed by atoms with van der Waals surface area (Å²) >= 11 is 0. The molecule has 4 heteroatoms. The zero-order valence-corrected chi connectivity index (χ0v) is 9.55. The molecule has 4 nitrogen and oxygen atoms in total. The molecule has 0 rings (SSSR count). The molecular formula is C10H23N3O. The van der Waals surface area contributed by atoms with Crippen molar-refractivity contribution >= 4 is 5.84 Å². The summed E-state index contributed by atoms with van der Waals surface area (Å²) in [6, 6.07) is 0. The predicted octanol–water partition coefficient (Wildman–Crippen LogP) is 1.06. The molecule has 3 N–H and O–H groups in total. The molecule has 0 unspecified atom stereocenters. The first-order chi connectivity index (χ1) is 6.52.